The molecule has 1 aromatic carbocycles. The summed E-state index contributed by atoms with van der Waals surface area (Å²) in [5.41, 5.74) is 1.30. The minimum Gasteiger partial charge on any atom is -0.497 e. The highest BCUT2D eigenvalue weighted by atomic mass is 16.5. The van der Waals surface area contributed by atoms with Crippen molar-refractivity contribution in [2.75, 3.05) is 7.11 Å². The summed E-state index contributed by atoms with van der Waals surface area (Å²) < 4.78 is 5.11. The topological polar surface area (TPSA) is 21.3 Å². The number of benzene rings is 1. The normalized spacial score (nSPS) is 12.5. The lowest BCUT2D eigenvalue weighted by molar-refractivity contribution is 0.414. The molecule has 0 bridgehead atoms. The molecule has 1 unspecified atom stereocenters. The molecule has 0 radical (unpaired) electrons. The summed E-state index contributed by atoms with van der Waals surface area (Å²) in [5, 5.41) is 3.50. The van der Waals surface area contributed by atoms with Gasteiger partial charge < -0.3 is 10.1 Å². The third-order valence-electron chi connectivity index (χ3n) is 2.54. The molecule has 1 atom stereocenters. The molecule has 2 heteroatoms. The summed E-state index contributed by atoms with van der Waals surface area (Å²) in [4.78, 5) is 0. The highest BCUT2D eigenvalue weighted by Crippen LogP contribution is 2.11. The van der Waals surface area contributed by atoms with E-state index in [9.17, 15) is 0 Å². The molecular formula is C13H21NO. The number of ether oxygens (including phenoxy) is 1. The van der Waals surface area contributed by atoms with Crippen molar-refractivity contribution < 1.29 is 4.74 Å². The maximum Gasteiger partial charge on any atom is 0.118 e. The van der Waals surface area contributed by atoms with Crippen molar-refractivity contribution in [2.24, 2.45) is 0 Å². The number of nitrogens with one attached hydrogen (secondary N) is 1. The first kappa shape index (κ1) is 12.1. The second-order valence-electron chi connectivity index (χ2n) is 3.92. The maximum atomic E-state index is 5.11. The summed E-state index contributed by atoms with van der Waals surface area (Å²) in [5.74, 6) is 0.917. The van der Waals surface area contributed by atoms with Crippen LogP contribution in [0.15, 0.2) is 24.3 Å². The van der Waals surface area contributed by atoms with Crippen LogP contribution in [0.3, 0.4) is 0 Å². The monoisotopic (exact) mass is 207 g/mol. The van der Waals surface area contributed by atoms with Crippen LogP contribution in [0.1, 0.15) is 32.3 Å². The average molecular weight is 207 g/mol. The Labute approximate surface area is 92.6 Å². The Balaban J connectivity index is 2.37. The number of rotatable bonds is 6. The van der Waals surface area contributed by atoms with Gasteiger partial charge in [0.25, 0.3) is 0 Å². The molecule has 1 rings (SSSR count). The molecule has 0 saturated carbocycles. The van der Waals surface area contributed by atoms with E-state index >= 15 is 0 Å². The maximum absolute atomic E-state index is 5.11. The molecule has 0 aliphatic heterocycles. The Morgan fingerprint density at radius 1 is 1.27 bits per heavy atom. The van der Waals surface area contributed by atoms with Crippen molar-refractivity contribution >= 4 is 0 Å². The Morgan fingerprint density at radius 2 is 1.93 bits per heavy atom. The lowest BCUT2D eigenvalue weighted by Crippen LogP contribution is -2.24. The van der Waals surface area contributed by atoms with Gasteiger partial charge in [0.1, 0.15) is 5.75 Å². The van der Waals surface area contributed by atoms with Gasteiger partial charge in [-0.15, -0.1) is 0 Å². The second kappa shape index (κ2) is 6.46. The number of hydrogen-bond acceptors (Lipinski definition) is 2. The second-order valence-corrected chi connectivity index (χ2v) is 3.92. The van der Waals surface area contributed by atoms with Gasteiger partial charge in [0.05, 0.1) is 7.11 Å². The quantitative estimate of drug-likeness (QED) is 0.774. The minimum absolute atomic E-state index is 0.595. The van der Waals surface area contributed by atoms with E-state index in [4.69, 9.17) is 4.74 Å². The predicted molar refractivity (Wildman–Crippen MR) is 64.2 cm³/mol. The Bertz CT molecular complexity index is 268. The molecule has 1 N–H and O–H groups in total. The molecule has 84 valence electrons. The molecule has 0 heterocycles. The van der Waals surface area contributed by atoms with Crippen LogP contribution in [0.5, 0.6) is 5.75 Å². The fourth-order valence-electron chi connectivity index (χ4n) is 1.57. The zero-order valence-corrected chi connectivity index (χ0v) is 9.92. The van der Waals surface area contributed by atoms with Crippen molar-refractivity contribution in [3.8, 4) is 5.75 Å². The molecular weight excluding hydrogens is 186 g/mol. The predicted octanol–water partition coefficient (Wildman–Crippen LogP) is 2.97. The van der Waals surface area contributed by atoms with E-state index in [0.717, 1.165) is 12.3 Å². The molecule has 0 aromatic heterocycles. The number of methoxy groups -OCH3 is 1. The first-order chi connectivity index (χ1) is 7.26. The van der Waals surface area contributed by atoms with Gasteiger partial charge >= 0.3 is 0 Å². The van der Waals surface area contributed by atoms with Gasteiger partial charge in [-0.3, -0.25) is 0 Å². The van der Waals surface area contributed by atoms with Crippen LogP contribution in [-0.2, 0) is 6.54 Å². The van der Waals surface area contributed by atoms with E-state index in [1.54, 1.807) is 7.11 Å². The smallest absolute Gasteiger partial charge is 0.118 e. The summed E-state index contributed by atoms with van der Waals surface area (Å²) in [6.07, 6.45) is 2.47. The largest absolute Gasteiger partial charge is 0.497 e. The Morgan fingerprint density at radius 3 is 2.47 bits per heavy atom. The standard InChI is InChI=1S/C13H21NO/c1-4-5-11(2)14-10-12-6-8-13(15-3)9-7-12/h6-9,11,14H,4-5,10H2,1-3H3. The molecule has 0 aliphatic rings. The van der Waals surface area contributed by atoms with Gasteiger partial charge in [-0.05, 0) is 31.0 Å². The minimum atomic E-state index is 0.595. The summed E-state index contributed by atoms with van der Waals surface area (Å²) in [7, 11) is 1.69. The zero-order chi connectivity index (χ0) is 11.1. The molecule has 0 fully saturated rings. The van der Waals surface area contributed by atoms with Crippen LogP contribution in [-0.4, -0.2) is 13.2 Å². The fourth-order valence-corrected chi connectivity index (χ4v) is 1.57. The van der Waals surface area contributed by atoms with Gasteiger partial charge in [-0.1, -0.05) is 25.5 Å². The van der Waals surface area contributed by atoms with E-state index < -0.39 is 0 Å². The summed E-state index contributed by atoms with van der Waals surface area (Å²) >= 11 is 0. The Hall–Kier alpha value is -1.02. The van der Waals surface area contributed by atoms with Crippen molar-refractivity contribution in [1.82, 2.24) is 5.32 Å². The van der Waals surface area contributed by atoms with Gasteiger partial charge in [0.15, 0.2) is 0 Å². The fraction of sp³-hybridized carbons (Fsp3) is 0.538. The van der Waals surface area contributed by atoms with Crippen LogP contribution in [0, 0.1) is 0 Å². The first-order valence-electron chi connectivity index (χ1n) is 5.62. The zero-order valence-electron chi connectivity index (χ0n) is 9.92. The lowest BCUT2D eigenvalue weighted by Gasteiger charge is -2.12. The third kappa shape index (κ3) is 4.34. The average Bonchev–Trinajstić information content (AvgIpc) is 2.27. The third-order valence-corrected chi connectivity index (χ3v) is 2.54. The molecule has 0 saturated heterocycles. The van der Waals surface area contributed by atoms with Crippen molar-refractivity contribution in [1.29, 1.82) is 0 Å². The van der Waals surface area contributed by atoms with Crippen LogP contribution in [0.4, 0.5) is 0 Å². The molecule has 0 spiro atoms. The van der Waals surface area contributed by atoms with Gasteiger partial charge in [0, 0.05) is 12.6 Å². The Kier molecular flexibility index (Phi) is 5.19. The van der Waals surface area contributed by atoms with E-state index in [2.05, 4.69) is 31.3 Å². The van der Waals surface area contributed by atoms with E-state index in [0.29, 0.717) is 6.04 Å². The van der Waals surface area contributed by atoms with E-state index in [1.165, 1.54) is 18.4 Å². The molecule has 0 aliphatic carbocycles. The van der Waals surface area contributed by atoms with E-state index in [-0.39, 0.29) is 0 Å². The van der Waals surface area contributed by atoms with Gasteiger partial charge in [-0.25, -0.2) is 0 Å². The lowest BCUT2D eigenvalue weighted by atomic mass is 10.1. The van der Waals surface area contributed by atoms with Crippen LogP contribution >= 0.6 is 0 Å². The van der Waals surface area contributed by atoms with Crippen molar-refractivity contribution in [3.05, 3.63) is 29.8 Å². The molecule has 2 nitrogen and oxygen atoms in total. The first-order valence-corrected chi connectivity index (χ1v) is 5.62. The van der Waals surface area contributed by atoms with Gasteiger partial charge in [-0.2, -0.15) is 0 Å². The SMILES string of the molecule is CCCC(C)NCc1ccc(OC)cc1. The summed E-state index contributed by atoms with van der Waals surface area (Å²) in [6, 6.07) is 8.80. The van der Waals surface area contributed by atoms with Crippen LogP contribution < -0.4 is 10.1 Å². The summed E-state index contributed by atoms with van der Waals surface area (Å²) in [6.45, 7) is 5.38. The molecule has 1 aromatic rings. The van der Waals surface area contributed by atoms with Crippen molar-refractivity contribution in [3.63, 3.8) is 0 Å². The highest BCUT2D eigenvalue weighted by Gasteiger charge is 1.99. The molecule has 0 amide bonds. The van der Waals surface area contributed by atoms with Gasteiger partial charge in [0.2, 0.25) is 0 Å². The number of hydrogen-bond donors (Lipinski definition) is 1. The van der Waals surface area contributed by atoms with E-state index in [1.807, 2.05) is 12.1 Å². The van der Waals surface area contributed by atoms with Crippen LogP contribution in [0.2, 0.25) is 0 Å². The van der Waals surface area contributed by atoms with Crippen LogP contribution in [0.25, 0.3) is 0 Å². The highest BCUT2D eigenvalue weighted by molar-refractivity contribution is 5.26. The molecule has 15 heavy (non-hydrogen) atoms. The van der Waals surface area contributed by atoms with Crippen molar-refractivity contribution in [2.45, 2.75) is 39.3 Å².